The van der Waals surface area contributed by atoms with Crippen LogP contribution in [0, 0.1) is 11.8 Å². The predicted molar refractivity (Wildman–Crippen MR) is 69.1 cm³/mol. The fourth-order valence-electron chi connectivity index (χ4n) is 3.16. The Bertz CT molecular complexity index is 236. The van der Waals surface area contributed by atoms with E-state index in [0.717, 1.165) is 31.1 Å². The van der Waals surface area contributed by atoms with Crippen molar-refractivity contribution in [2.24, 2.45) is 11.8 Å². The molecule has 1 saturated carbocycles. The molecule has 2 saturated heterocycles. The molecule has 2 aliphatic heterocycles. The third-order valence-corrected chi connectivity index (χ3v) is 4.50. The van der Waals surface area contributed by atoms with Gasteiger partial charge in [0, 0.05) is 32.3 Å². The van der Waals surface area contributed by atoms with Crippen LogP contribution in [0.4, 0.5) is 0 Å². The first-order chi connectivity index (χ1) is 8.40. The second-order valence-corrected chi connectivity index (χ2v) is 6.15. The van der Waals surface area contributed by atoms with Gasteiger partial charge in [0.1, 0.15) is 0 Å². The van der Waals surface area contributed by atoms with Gasteiger partial charge in [0.05, 0.1) is 0 Å². The minimum absolute atomic E-state index is 0.875. The number of likely N-dealkylation sites (tertiary alicyclic amines) is 1. The summed E-state index contributed by atoms with van der Waals surface area (Å²) in [5, 5.41) is 3.68. The Balaban J connectivity index is 1.34. The van der Waals surface area contributed by atoms with Gasteiger partial charge < -0.3 is 15.0 Å². The maximum atomic E-state index is 5.43. The van der Waals surface area contributed by atoms with E-state index in [1.54, 1.807) is 0 Å². The van der Waals surface area contributed by atoms with Crippen LogP contribution in [0.2, 0.25) is 0 Å². The van der Waals surface area contributed by atoms with E-state index in [-0.39, 0.29) is 0 Å². The van der Waals surface area contributed by atoms with E-state index in [0.29, 0.717) is 0 Å². The van der Waals surface area contributed by atoms with Crippen molar-refractivity contribution in [3.63, 3.8) is 0 Å². The molecule has 1 atom stereocenters. The molecule has 3 heteroatoms. The quantitative estimate of drug-likeness (QED) is 0.785. The lowest BCUT2D eigenvalue weighted by molar-refractivity contribution is 0.0551. The molecular weight excluding hydrogens is 212 g/mol. The van der Waals surface area contributed by atoms with Crippen molar-refractivity contribution in [2.75, 3.05) is 39.4 Å². The average Bonchev–Trinajstić information content (AvgIpc) is 3.09. The Hall–Kier alpha value is -0.120. The minimum atomic E-state index is 0.875. The molecule has 17 heavy (non-hydrogen) atoms. The summed E-state index contributed by atoms with van der Waals surface area (Å²) in [7, 11) is 0. The number of nitrogens with zero attached hydrogens (tertiary/aromatic N) is 1. The fourth-order valence-corrected chi connectivity index (χ4v) is 3.16. The number of hydrogen-bond donors (Lipinski definition) is 1. The molecule has 98 valence electrons. The summed E-state index contributed by atoms with van der Waals surface area (Å²) >= 11 is 0. The zero-order chi connectivity index (χ0) is 11.5. The Labute approximate surface area is 105 Å². The summed E-state index contributed by atoms with van der Waals surface area (Å²) < 4.78 is 5.43. The van der Waals surface area contributed by atoms with Crippen molar-refractivity contribution in [1.82, 2.24) is 10.2 Å². The van der Waals surface area contributed by atoms with E-state index in [1.165, 1.54) is 58.3 Å². The Morgan fingerprint density at radius 2 is 1.82 bits per heavy atom. The molecule has 1 N–H and O–H groups in total. The molecule has 3 fully saturated rings. The topological polar surface area (TPSA) is 24.5 Å². The van der Waals surface area contributed by atoms with Crippen molar-refractivity contribution in [2.45, 2.75) is 38.1 Å². The molecule has 1 aliphatic carbocycles. The molecule has 0 radical (unpaired) electrons. The molecule has 0 aromatic rings. The first-order valence-electron chi connectivity index (χ1n) is 7.43. The predicted octanol–water partition coefficient (Wildman–Crippen LogP) is 1.49. The SMILES string of the molecule is C1CC(CN2CCC(CNC3CC3)C2)CCO1. The zero-order valence-electron chi connectivity index (χ0n) is 10.9. The zero-order valence-corrected chi connectivity index (χ0v) is 10.9. The van der Waals surface area contributed by atoms with E-state index in [2.05, 4.69) is 10.2 Å². The van der Waals surface area contributed by atoms with Crippen LogP contribution in [0.25, 0.3) is 0 Å². The summed E-state index contributed by atoms with van der Waals surface area (Å²) in [6.45, 7) is 7.22. The number of nitrogens with one attached hydrogen (secondary N) is 1. The summed E-state index contributed by atoms with van der Waals surface area (Å²) in [6.07, 6.45) is 6.79. The lowest BCUT2D eigenvalue weighted by atomic mass is 10.00. The van der Waals surface area contributed by atoms with E-state index in [9.17, 15) is 0 Å². The third kappa shape index (κ3) is 3.67. The van der Waals surface area contributed by atoms with Gasteiger partial charge in [-0.2, -0.15) is 0 Å². The Morgan fingerprint density at radius 3 is 2.59 bits per heavy atom. The maximum Gasteiger partial charge on any atom is 0.0469 e. The summed E-state index contributed by atoms with van der Waals surface area (Å²) in [4.78, 5) is 2.69. The molecule has 3 rings (SSSR count). The van der Waals surface area contributed by atoms with E-state index >= 15 is 0 Å². The lowest BCUT2D eigenvalue weighted by Gasteiger charge is -2.27. The van der Waals surface area contributed by atoms with Crippen LogP contribution in [0.15, 0.2) is 0 Å². The van der Waals surface area contributed by atoms with Crippen molar-refractivity contribution in [3.05, 3.63) is 0 Å². The number of ether oxygens (including phenoxy) is 1. The fraction of sp³-hybridized carbons (Fsp3) is 1.00. The molecule has 2 heterocycles. The van der Waals surface area contributed by atoms with Gasteiger partial charge in [-0.05, 0) is 57.0 Å². The molecule has 0 amide bonds. The standard InChI is InChI=1S/C14H26N2O/c1-2-14(1)15-9-13-3-6-16(11-13)10-12-4-7-17-8-5-12/h12-15H,1-11H2. The second-order valence-electron chi connectivity index (χ2n) is 6.15. The van der Waals surface area contributed by atoms with Crippen LogP contribution >= 0.6 is 0 Å². The monoisotopic (exact) mass is 238 g/mol. The number of rotatable bonds is 5. The van der Waals surface area contributed by atoms with Crippen molar-refractivity contribution in [3.8, 4) is 0 Å². The average molecular weight is 238 g/mol. The van der Waals surface area contributed by atoms with E-state index in [1.807, 2.05) is 0 Å². The number of hydrogen-bond acceptors (Lipinski definition) is 3. The van der Waals surface area contributed by atoms with Gasteiger partial charge >= 0.3 is 0 Å². The molecular formula is C14H26N2O. The van der Waals surface area contributed by atoms with Gasteiger partial charge in [-0.15, -0.1) is 0 Å². The van der Waals surface area contributed by atoms with Gasteiger partial charge in [-0.25, -0.2) is 0 Å². The molecule has 1 unspecified atom stereocenters. The van der Waals surface area contributed by atoms with Crippen molar-refractivity contribution >= 4 is 0 Å². The van der Waals surface area contributed by atoms with E-state index in [4.69, 9.17) is 4.74 Å². The van der Waals surface area contributed by atoms with Gasteiger partial charge in [0.25, 0.3) is 0 Å². The summed E-state index contributed by atoms with van der Waals surface area (Å²) in [6, 6.07) is 0.875. The Kier molecular flexibility index (Phi) is 3.99. The molecule has 0 aromatic carbocycles. The van der Waals surface area contributed by atoms with Crippen LogP contribution in [0.3, 0.4) is 0 Å². The second kappa shape index (κ2) is 5.68. The van der Waals surface area contributed by atoms with Crippen LogP contribution in [-0.4, -0.2) is 50.3 Å². The van der Waals surface area contributed by atoms with Crippen LogP contribution < -0.4 is 5.32 Å². The largest absolute Gasteiger partial charge is 0.381 e. The molecule has 0 spiro atoms. The van der Waals surface area contributed by atoms with Crippen molar-refractivity contribution < 1.29 is 4.74 Å². The molecule has 3 aliphatic rings. The third-order valence-electron chi connectivity index (χ3n) is 4.50. The first-order valence-corrected chi connectivity index (χ1v) is 7.43. The lowest BCUT2D eigenvalue weighted by Crippen LogP contribution is -2.32. The highest BCUT2D eigenvalue weighted by atomic mass is 16.5. The first kappa shape index (κ1) is 11.9. The van der Waals surface area contributed by atoms with E-state index < -0.39 is 0 Å². The van der Waals surface area contributed by atoms with Gasteiger partial charge in [-0.1, -0.05) is 0 Å². The smallest absolute Gasteiger partial charge is 0.0469 e. The van der Waals surface area contributed by atoms with Gasteiger partial charge in [-0.3, -0.25) is 0 Å². The minimum Gasteiger partial charge on any atom is -0.381 e. The Morgan fingerprint density at radius 1 is 1.00 bits per heavy atom. The highest BCUT2D eigenvalue weighted by molar-refractivity contribution is 4.85. The molecule has 0 aromatic heterocycles. The van der Waals surface area contributed by atoms with Crippen LogP contribution in [0.1, 0.15) is 32.1 Å². The maximum absolute atomic E-state index is 5.43. The normalized spacial score (nSPS) is 32.1. The van der Waals surface area contributed by atoms with Crippen LogP contribution in [0.5, 0.6) is 0 Å². The highest BCUT2D eigenvalue weighted by Gasteiger charge is 2.27. The van der Waals surface area contributed by atoms with Gasteiger partial charge in [0.15, 0.2) is 0 Å². The van der Waals surface area contributed by atoms with Crippen LogP contribution in [-0.2, 0) is 4.74 Å². The molecule has 3 nitrogen and oxygen atoms in total. The van der Waals surface area contributed by atoms with Crippen molar-refractivity contribution in [1.29, 1.82) is 0 Å². The summed E-state index contributed by atoms with van der Waals surface area (Å²) in [5.41, 5.74) is 0. The van der Waals surface area contributed by atoms with Gasteiger partial charge in [0.2, 0.25) is 0 Å². The summed E-state index contributed by atoms with van der Waals surface area (Å²) in [5.74, 6) is 1.81. The highest BCUT2D eigenvalue weighted by Crippen LogP contribution is 2.23. The molecule has 0 bridgehead atoms.